The van der Waals surface area contributed by atoms with Gasteiger partial charge in [-0.1, -0.05) is 6.07 Å². The molecule has 2 N–H and O–H groups in total. The van der Waals surface area contributed by atoms with Crippen molar-refractivity contribution in [2.24, 2.45) is 0 Å². The van der Waals surface area contributed by atoms with E-state index in [1.165, 1.54) is 0 Å². The van der Waals surface area contributed by atoms with E-state index in [0.717, 1.165) is 17.8 Å². The molecule has 0 spiro atoms. The third-order valence-electron chi connectivity index (χ3n) is 2.61. The Balaban J connectivity index is 2.16. The van der Waals surface area contributed by atoms with Crippen molar-refractivity contribution in [2.45, 2.75) is 13.8 Å². The second-order valence-electron chi connectivity index (χ2n) is 4.08. The second-order valence-corrected chi connectivity index (χ2v) is 4.08. The standard InChI is InChI=1S/C14H16N4O/c1-3-15-11-6-8-16-12(9-11)14(19)18-13-10(2)5-4-7-17-13/h4-9H,3H2,1-2H3,(H,15,16)(H,17,18,19). The maximum Gasteiger partial charge on any atom is 0.275 e. The number of hydrogen-bond donors (Lipinski definition) is 2. The minimum absolute atomic E-state index is 0.262. The molecule has 5 heteroatoms. The zero-order valence-electron chi connectivity index (χ0n) is 11.0. The third-order valence-corrected chi connectivity index (χ3v) is 2.61. The summed E-state index contributed by atoms with van der Waals surface area (Å²) in [6, 6.07) is 7.27. The average Bonchev–Trinajstić information content (AvgIpc) is 2.42. The maximum absolute atomic E-state index is 12.1. The molecule has 0 bridgehead atoms. The number of carbonyl (C=O) groups is 1. The van der Waals surface area contributed by atoms with Crippen molar-refractivity contribution in [1.29, 1.82) is 0 Å². The van der Waals surface area contributed by atoms with Gasteiger partial charge in [-0.3, -0.25) is 9.78 Å². The molecule has 0 aromatic carbocycles. The SMILES string of the molecule is CCNc1ccnc(C(=O)Nc2ncccc2C)c1. The Morgan fingerprint density at radius 3 is 2.84 bits per heavy atom. The van der Waals surface area contributed by atoms with E-state index in [-0.39, 0.29) is 5.91 Å². The van der Waals surface area contributed by atoms with Gasteiger partial charge in [0.05, 0.1) is 0 Å². The van der Waals surface area contributed by atoms with Crippen LogP contribution in [0.5, 0.6) is 0 Å². The van der Waals surface area contributed by atoms with E-state index < -0.39 is 0 Å². The topological polar surface area (TPSA) is 66.9 Å². The number of aryl methyl sites for hydroxylation is 1. The van der Waals surface area contributed by atoms with Gasteiger partial charge in [0.25, 0.3) is 5.91 Å². The summed E-state index contributed by atoms with van der Waals surface area (Å²) in [6.45, 7) is 4.69. The highest BCUT2D eigenvalue weighted by molar-refractivity contribution is 6.03. The predicted octanol–water partition coefficient (Wildman–Crippen LogP) is 2.47. The summed E-state index contributed by atoms with van der Waals surface area (Å²) in [5, 5.41) is 5.90. The van der Waals surface area contributed by atoms with Gasteiger partial charge in [-0.05, 0) is 37.6 Å². The fourth-order valence-corrected chi connectivity index (χ4v) is 1.66. The Hall–Kier alpha value is -2.43. The highest BCUT2D eigenvalue weighted by atomic mass is 16.1. The second kappa shape index (κ2) is 5.95. The number of rotatable bonds is 4. The number of nitrogens with zero attached hydrogens (tertiary/aromatic N) is 2. The quantitative estimate of drug-likeness (QED) is 0.881. The number of aromatic nitrogens is 2. The van der Waals surface area contributed by atoms with Crippen molar-refractivity contribution in [1.82, 2.24) is 9.97 Å². The highest BCUT2D eigenvalue weighted by Crippen LogP contribution is 2.12. The summed E-state index contributed by atoms with van der Waals surface area (Å²) in [5.74, 6) is 0.296. The van der Waals surface area contributed by atoms with Gasteiger partial charge < -0.3 is 10.6 Å². The van der Waals surface area contributed by atoms with Gasteiger partial charge in [0.2, 0.25) is 0 Å². The summed E-state index contributed by atoms with van der Waals surface area (Å²) in [5.41, 5.74) is 2.16. The van der Waals surface area contributed by atoms with Crippen LogP contribution in [-0.4, -0.2) is 22.4 Å². The maximum atomic E-state index is 12.1. The van der Waals surface area contributed by atoms with E-state index in [0.29, 0.717) is 11.5 Å². The summed E-state index contributed by atoms with van der Waals surface area (Å²) in [6.07, 6.45) is 3.25. The van der Waals surface area contributed by atoms with E-state index in [2.05, 4.69) is 20.6 Å². The van der Waals surface area contributed by atoms with Crippen LogP contribution in [0.3, 0.4) is 0 Å². The normalized spacial score (nSPS) is 10.0. The first-order valence-corrected chi connectivity index (χ1v) is 6.13. The molecule has 0 radical (unpaired) electrons. The Labute approximate surface area is 112 Å². The number of carbonyl (C=O) groups excluding carboxylic acids is 1. The van der Waals surface area contributed by atoms with Crippen LogP contribution in [0.4, 0.5) is 11.5 Å². The van der Waals surface area contributed by atoms with E-state index >= 15 is 0 Å². The fraction of sp³-hybridized carbons (Fsp3) is 0.214. The van der Waals surface area contributed by atoms with Crippen LogP contribution in [0.1, 0.15) is 23.0 Å². The molecule has 2 aromatic heterocycles. The molecular formula is C14H16N4O. The molecule has 0 aliphatic heterocycles. The van der Waals surface area contributed by atoms with Gasteiger partial charge in [0.1, 0.15) is 11.5 Å². The first kappa shape index (κ1) is 13.0. The van der Waals surface area contributed by atoms with Crippen molar-refractivity contribution in [3.8, 4) is 0 Å². The molecule has 2 heterocycles. The Morgan fingerprint density at radius 1 is 1.26 bits per heavy atom. The van der Waals surface area contributed by atoms with Crippen molar-refractivity contribution >= 4 is 17.4 Å². The molecule has 0 aliphatic carbocycles. The Morgan fingerprint density at radius 2 is 2.11 bits per heavy atom. The van der Waals surface area contributed by atoms with Crippen LogP contribution in [0.15, 0.2) is 36.7 Å². The number of amides is 1. The molecule has 1 amide bonds. The van der Waals surface area contributed by atoms with Crippen molar-refractivity contribution < 1.29 is 4.79 Å². The minimum atomic E-state index is -0.262. The first-order valence-electron chi connectivity index (χ1n) is 6.13. The predicted molar refractivity (Wildman–Crippen MR) is 75.3 cm³/mol. The zero-order valence-corrected chi connectivity index (χ0v) is 11.0. The molecule has 2 aromatic rings. The van der Waals surface area contributed by atoms with E-state index in [1.54, 1.807) is 18.5 Å². The van der Waals surface area contributed by atoms with Crippen LogP contribution in [0, 0.1) is 6.92 Å². The smallest absolute Gasteiger partial charge is 0.275 e. The summed E-state index contributed by atoms with van der Waals surface area (Å²) < 4.78 is 0. The van der Waals surface area contributed by atoms with E-state index in [9.17, 15) is 4.79 Å². The summed E-state index contributed by atoms with van der Waals surface area (Å²) in [7, 11) is 0. The van der Waals surface area contributed by atoms with Gasteiger partial charge in [-0.15, -0.1) is 0 Å². The van der Waals surface area contributed by atoms with Gasteiger partial charge in [0, 0.05) is 24.6 Å². The van der Waals surface area contributed by atoms with Crippen molar-refractivity contribution in [2.75, 3.05) is 17.2 Å². The van der Waals surface area contributed by atoms with Gasteiger partial charge in [0.15, 0.2) is 0 Å². The molecule has 0 saturated carbocycles. The van der Waals surface area contributed by atoms with E-state index in [4.69, 9.17) is 0 Å². The van der Waals surface area contributed by atoms with Crippen molar-refractivity contribution in [3.63, 3.8) is 0 Å². The van der Waals surface area contributed by atoms with Crippen LogP contribution in [-0.2, 0) is 0 Å². The molecule has 0 atom stereocenters. The highest BCUT2D eigenvalue weighted by Gasteiger charge is 2.10. The fourth-order valence-electron chi connectivity index (χ4n) is 1.66. The summed E-state index contributed by atoms with van der Waals surface area (Å²) in [4.78, 5) is 20.3. The monoisotopic (exact) mass is 256 g/mol. The van der Waals surface area contributed by atoms with E-state index in [1.807, 2.05) is 32.0 Å². The Kier molecular flexibility index (Phi) is 4.07. The molecule has 0 aliphatic rings. The van der Waals surface area contributed by atoms with Gasteiger partial charge >= 0.3 is 0 Å². The molecule has 0 fully saturated rings. The molecule has 19 heavy (non-hydrogen) atoms. The lowest BCUT2D eigenvalue weighted by molar-refractivity contribution is 0.102. The van der Waals surface area contributed by atoms with Crippen molar-refractivity contribution in [3.05, 3.63) is 47.9 Å². The number of nitrogens with one attached hydrogen (secondary N) is 2. The molecule has 5 nitrogen and oxygen atoms in total. The lowest BCUT2D eigenvalue weighted by Crippen LogP contribution is -2.15. The lowest BCUT2D eigenvalue weighted by atomic mass is 10.2. The third kappa shape index (κ3) is 3.28. The average molecular weight is 256 g/mol. The van der Waals surface area contributed by atoms with Crippen LogP contribution >= 0.6 is 0 Å². The van der Waals surface area contributed by atoms with Gasteiger partial charge in [-0.25, -0.2) is 4.98 Å². The Bertz CT molecular complexity index is 583. The molecule has 0 saturated heterocycles. The largest absolute Gasteiger partial charge is 0.385 e. The molecule has 2 rings (SSSR count). The molecular weight excluding hydrogens is 240 g/mol. The minimum Gasteiger partial charge on any atom is -0.385 e. The molecule has 98 valence electrons. The van der Waals surface area contributed by atoms with Gasteiger partial charge in [-0.2, -0.15) is 0 Å². The van der Waals surface area contributed by atoms with Crippen LogP contribution in [0.2, 0.25) is 0 Å². The molecule has 0 unspecified atom stereocenters. The first-order chi connectivity index (χ1) is 9.20. The van der Waals surface area contributed by atoms with Crippen LogP contribution in [0.25, 0.3) is 0 Å². The number of anilines is 2. The number of pyridine rings is 2. The lowest BCUT2D eigenvalue weighted by Gasteiger charge is -2.08. The zero-order chi connectivity index (χ0) is 13.7. The van der Waals surface area contributed by atoms with Crippen LogP contribution < -0.4 is 10.6 Å². The number of hydrogen-bond acceptors (Lipinski definition) is 4. The summed E-state index contributed by atoms with van der Waals surface area (Å²) >= 11 is 0.